The molecule has 0 bridgehead atoms. The molecule has 1 saturated carbocycles. The van der Waals surface area contributed by atoms with Crippen molar-refractivity contribution in [2.75, 3.05) is 6.61 Å². The molecule has 1 aromatic heterocycles. The van der Waals surface area contributed by atoms with Gasteiger partial charge < -0.3 is 4.74 Å². The Kier molecular flexibility index (Phi) is 4.89. The molecule has 0 aliphatic heterocycles. The molecule has 1 aromatic rings. The zero-order valence-corrected chi connectivity index (χ0v) is 11.0. The summed E-state index contributed by atoms with van der Waals surface area (Å²) in [5.41, 5.74) is 0.682. The average Bonchev–Trinajstić information content (AvgIpc) is 2.93. The molecule has 102 valence electrons. The van der Waals surface area contributed by atoms with Gasteiger partial charge in [0.2, 0.25) is 0 Å². The van der Waals surface area contributed by atoms with Crippen molar-refractivity contribution >= 4 is 12.0 Å². The van der Waals surface area contributed by atoms with Crippen LogP contribution in [0.15, 0.2) is 24.9 Å². The summed E-state index contributed by atoms with van der Waals surface area (Å²) in [7, 11) is 0. The Morgan fingerprint density at radius 2 is 2.26 bits per heavy atom. The molecule has 1 aliphatic carbocycles. The van der Waals surface area contributed by atoms with Crippen LogP contribution in [0.4, 0.5) is 0 Å². The fraction of sp³-hybridized carbons (Fsp3) is 0.500. The maximum absolute atomic E-state index is 11.3. The van der Waals surface area contributed by atoms with Gasteiger partial charge in [-0.1, -0.05) is 37.1 Å². The van der Waals surface area contributed by atoms with Crippen LogP contribution < -0.4 is 0 Å². The number of carbonyl (C=O) groups is 1. The molecule has 0 saturated heterocycles. The first-order valence-corrected chi connectivity index (χ1v) is 6.67. The fourth-order valence-corrected chi connectivity index (χ4v) is 2.23. The van der Waals surface area contributed by atoms with E-state index in [1.165, 1.54) is 31.4 Å². The maximum Gasteiger partial charge on any atom is 0.331 e. The van der Waals surface area contributed by atoms with Crippen molar-refractivity contribution < 1.29 is 9.53 Å². The molecule has 5 heteroatoms. The molecule has 0 radical (unpaired) electrons. The van der Waals surface area contributed by atoms with E-state index in [1.807, 2.05) is 10.9 Å². The Labute approximate surface area is 112 Å². The molecule has 0 atom stereocenters. The number of hydrogen-bond donors (Lipinski definition) is 0. The third kappa shape index (κ3) is 4.05. The van der Waals surface area contributed by atoms with E-state index in [9.17, 15) is 4.79 Å². The Balaban J connectivity index is 1.91. The van der Waals surface area contributed by atoms with Gasteiger partial charge >= 0.3 is 5.97 Å². The minimum absolute atomic E-state index is 0.220. The van der Waals surface area contributed by atoms with Crippen molar-refractivity contribution in [3.05, 3.63) is 30.6 Å². The number of esters is 1. The summed E-state index contributed by atoms with van der Waals surface area (Å²) in [5.74, 6) is -0.396. The second kappa shape index (κ2) is 6.87. The average molecular weight is 261 g/mol. The smallest absolute Gasteiger partial charge is 0.331 e. The fourth-order valence-electron chi connectivity index (χ4n) is 2.23. The minimum Gasteiger partial charge on any atom is -0.458 e. The van der Waals surface area contributed by atoms with Gasteiger partial charge in [-0.05, 0) is 18.9 Å². The second-order valence-electron chi connectivity index (χ2n) is 4.67. The van der Waals surface area contributed by atoms with E-state index in [2.05, 4.69) is 16.9 Å². The zero-order chi connectivity index (χ0) is 13.5. The lowest BCUT2D eigenvalue weighted by Crippen LogP contribution is -2.13. The first kappa shape index (κ1) is 13.5. The van der Waals surface area contributed by atoms with Crippen LogP contribution in [0.3, 0.4) is 0 Å². The number of ether oxygens (including phenoxy) is 1. The Morgan fingerprint density at radius 3 is 3.00 bits per heavy atom. The number of rotatable bonds is 5. The number of carbonyl (C=O) groups excluding carboxylic acids is 1. The zero-order valence-electron chi connectivity index (χ0n) is 11.0. The Hall–Kier alpha value is -1.91. The molecule has 1 heterocycles. The highest BCUT2D eigenvalue weighted by Gasteiger charge is 2.16. The SMILES string of the molecule is C=CCOC(=O)C=Cc1cn(C2CCCCC2)nn1. The molecule has 5 nitrogen and oxygen atoms in total. The van der Waals surface area contributed by atoms with Crippen LogP contribution in [0.5, 0.6) is 0 Å². The topological polar surface area (TPSA) is 57.0 Å². The van der Waals surface area contributed by atoms with Crippen LogP contribution in [0.1, 0.15) is 43.8 Å². The Morgan fingerprint density at radius 1 is 1.47 bits per heavy atom. The molecule has 0 aromatic carbocycles. The molecule has 0 N–H and O–H groups in total. The lowest BCUT2D eigenvalue weighted by Gasteiger charge is -2.20. The minimum atomic E-state index is -0.396. The largest absolute Gasteiger partial charge is 0.458 e. The molecule has 2 rings (SSSR count). The molecule has 0 unspecified atom stereocenters. The van der Waals surface area contributed by atoms with E-state index in [4.69, 9.17) is 4.74 Å². The maximum atomic E-state index is 11.3. The van der Waals surface area contributed by atoms with Crippen LogP contribution in [0, 0.1) is 0 Å². The normalized spacial score (nSPS) is 16.6. The quantitative estimate of drug-likeness (QED) is 0.464. The molecule has 0 spiro atoms. The van der Waals surface area contributed by atoms with Crippen LogP contribution in [0.2, 0.25) is 0 Å². The number of nitrogens with zero attached hydrogens (tertiary/aromatic N) is 3. The van der Waals surface area contributed by atoms with Gasteiger partial charge in [0.1, 0.15) is 12.3 Å². The predicted molar refractivity (Wildman–Crippen MR) is 72.3 cm³/mol. The molecule has 0 amide bonds. The predicted octanol–water partition coefficient (Wildman–Crippen LogP) is 2.53. The van der Waals surface area contributed by atoms with E-state index < -0.39 is 5.97 Å². The monoisotopic (exact) mass is 261 g/mol. The summed E-state index contributed by atoms with van der Waals surface area (Å²) in [4.78, 5) is 11.3. The van der Waals surface area contributed by atoms with Crippen LogP contribution >= 0.6 is 0 Å². The van der Waals surface area contributed by atoms with Crippen LogP contribution in [0.25, 0.3) is 6.08 Å². The van der Waals surface area contributed by atoms with E-state index in [-0.39, 0.29) is 6.61 Å². The summed E-state index contributed by atoms with van der Waals surface area (Å²) < 4.78 is 6.75. The second-order valence-corrected chi connectivity index (χ2v) is 4.67. The van der Waals surface area contributed by atoms with Crippen molar-refractivity contribution in [3.63, 3.8) is 0 Å². The summed E-state index contributed by atoms with van der Waals surface area (Å²) in [6.45, 7) is 3.70. The van der Waals surface area contributed by atoms with Gasteiger partial charge in [-0.15, -0.1) is 5.10 Å². The number of hydrogen-bond acceptors (Lipinski definition) is 4. The summed E-state index contributed by atoms with van der Waals surface area (Å²) in [6.07, 6.45) is 12.5. The van der Waals surface area contributed by atoms with Crippen molar-refractivity contribution in [2.24, 2.45) is 0 Å². The van der Waals surface area contributed by atoms with E-state index >= 15 is 0 Å². The Bertz CT molecular complexity index is 459. The molecule has 19 heavy (non-hydrogen) atoms. The van der Waals surface area contributed by atoms with Crippen molar-refractivity contribution in [1.29, 1.82) is 0 Å². The highest BCUT2D eigenvalue weighted by Crippen LogP contribution is 2.27. The van der Waals surface area contributed by atoms with Crippen molar-refractivity contribution in [3.8, 4) is 0 Å². The molecular weight excluding hydrogens is 242 g/mol. The lowest BCUT2D eigenvalue weighted by atomic mass is 9.96. The first-order valence-electron chi connectivity index (χ1n) is 6.67. The van der Waals surface area contributed by atoms with Gasteiger partial charge in [0.05, 0.1) is 12.2 Å². The standard InChI is InChI=1S/C14H19N3O2/c1-2-10-19-14(18)9-8-12-11-17(16-15-12)13-6-4-3-5-7-13/h2,8-9,11,13H,1,3-7,10H2. The third-order valence-corrected chi connectivity index (χ3v) is 3.21. The van der Waals surface area contributed by atoms with E-state index in [0.29, 0.717) is 11.7 Å². The van der Waals surface area contributed by atoms with E-state index in [0.717, 1.165) is 12.8 Å². The first-order chi connectivity index (χ1) is 9.29. The van der Waals surface area contributed by atoms with Gasteiger partial charge in [-0.25, -0.2) is 9.48 Å². The van der Waals surface area contributed by atoms with E-state index in [1.54, 1.807) is 6.08 Å². The van der Waals surface area contributed by atoms with Crippen molar-refractivity contribution in [2.45, 2.75) is 38.1 Å². The van der Waals surface area contributed by atoms with Gasteiger partial charge in [0.25, 0.3) is 0 Å². The molecule has 1 fully saturated rings. The third-order valence-electron chi connectivity index (χ3n) is 3.21. The highest BCUT2D eigenvalue weighted by molar-refractivity contribution is 5.86. The number of aromatic nitrogens is 3. The van der Waals surface area contributed by atoms with Crippen molar-refractivity contribution in [1.82, 2.24) is 15.0 Å². The van der Waals surface area contributed by atoms with Gasteiger partial charge in [0, 0.05) is 6.08 Å². The van der Waals surface area contributed by atoms with Gasteiger partial charge in [0.15, 0.2) is 0 Å². The molecule has 1 aliphatic rings. The lowest BCUT2D eigenvalue weighted by molar-refractivity contribution is -0.136. The summed E-state index contributed by atoms with van der Waals surface area (Å²) in [6, 6.07) is 0.455. The van der Waals surface area contributed by atoms with Crippen LogP contribution in [-0.2, 0) is 9.53 Å². The highest BCUT2D eigenvalue weighted by atomic mass is 16.5. The molecular formula is C14H19N3O2. The summed E-state index contributed by atoms with van der Waals surface area (Å²) in [5, 5.41) is 8.17. The summed E-state index contributed by atoms with van der Waals surface area (Å²) >= 11 is 0. The van der Waals surface area contributed by atoms with Crippen LogP contribution in [-0.4, -0.2) is 27.6 Å². The van der Waals surface area contributed by atoms with Gasteiger partial charge in [-0.3, -0.25) is 0 Å². The van der Waals surface area contributed by atoms with Gasteiger partial charge in [-0.2, -0.15) is 0 Å².